The fraction of sp³-hybridized carbons (Fsp3) is 0.333. The zero-order chi connectivity index (χ0) is 18.9. The second-order valence-electron chi connectivity index (χ2n) is 7.74. The van der Waals surface area contributed by atoms with Gasteiger partial charge in [0.25, 0.3) is 5.91 Å². The maximum atomic E-state index is 12.3. The zero-order valence-corrected chi connectivity index (χ0v) is 16.0. The lowest BCUT2D eigenvalue weighted by Gasteiger charge is -2.29. The van der Waals surface area contributed by atoms with Crippen LogP contribution in [0.3, 0.4) is 0 Å². The SMILES string of the molecule is CC(C)(C)CC(=O)ON1C(=O)CCc2cc(-c3cccc(Cl)c3)ccc21. The molecule has 0 N–H and O–H groups in total. The largest absolute Gasteiger partial charge is 0.333 e. The number of amides is 1. The second kappa shape index (κ2) is 7.12. The Bertz CT molecular complexity index is 855. The molecule has 0 atom stereocenters. The van der Waals surface area contributed by atoms with Crippen molar-refractivity contribution in [3.8, 4) is 11.1 Å². The molecule has 5 heteroatoms. The Balaban J connectivity index is 1.88. The molecule has 0 aromatic heterocycles. The van der Waals surface area contributed by atoms with Gasteiger partial charge in [-0.05, 0) is 52.8 Å². The molecule has 2 aromatic rings. The van der Waals surface area contributed by atoms with Crippen LogP contribution in [0.15, 0.2) is 42.5 Å². The number of hydrogen-bond donors (Lipinski definition) is 0. The van der Waals surface area contributed by atoms with Gasteiger partial charge < -0.3 is 4.84 Å². The van der Waals surface area contributed by atoms with Crippen molar-refractivity contribution in [1.29, 1.82) is 0 Å². The molecule has 136 valence electrons. The fourth-order valence-corrected chi connectivity index (χ4v) is 3.17. The van der Waals surface area contributed by atoms with Crippen LogP contribution in [-0.2, 0) is 20.8 Å². The Kier molecular flexibility index (Phi) is 5.05. The number of anilines is 1. The van der Waals surface area contributed by atoms with Gasteiger partial charge in [-0.15, -0.1) is 5.06 Å². The highest BCUT2D eigenvalue weighted by Crippen LogP contribution is 2.33. The first-order chi connectivity index (χ1) is 12.2. The van der Waals surface area contributed by atoms with E-state index in [2.05, 4.69) is 0 Å². The van der Waals surface area contributed by atoms with E-state index < -0.39 is 5.97 Å². The van der Waals surface area contributed by atoms with Gasteiger partial charge in [0.1, 0.15) is 0 Å². The van der Waals surface area contributed by atoms with Gasteiger partial charge in [0.15, 0.2) is 0 Å². The molecule has 1 heterocycles. The summed E-state index contributed by atoms with van der Waals surface area (Å²) >= 11 is 6.08. The molecule has 4 nitrogen and oxygen atoms in total. The molecule has 0 saturated heterocycles. The Morgan fingerprint density at radius 1 is 1.12 bits per heavy atom. The van der Waals surface area contributed by atoms with Crippen molar-refractivity contribution in [1.82, 2.24) is 0 Å². The van der Waals surface area contributed by atoms with Crippen molar-refractivity contribution in [2.45, 2.75) is 40.0 Å². The predicted octanol–water partition coefficient (Wildman–Crippen LogP) is 5.18. The summed E-state index contributed by atoms with van der Waals surface area (Å²) in [6, 6.07) is 13.4. The number of fused-ring (bicyclic) bond motifs is 1. The van der Waals surface area contributed by atoms with E-state index in [1.165, 1.54) is 0 Å². The minimum Gasteiger partial charge on any atom is -0.333 e. The number of aryl methyl sites for hydroxylation is 1. The summed E-state index contributed by atoms with van der Waals surface area (Å²) in [7, 11) is 0. The van der Waals surface area contributed by atoms with Crippen molar-refractivity contribution in [3.63, 3.8) is 0 Å². The molecule has 1 aliphatic heterocycles. The number of benzene rings is 2. The smallest absolute Gasteiger partial charge is 0.333 e. The van der Waals surface area contributed by atoms with Gasteiger partial charge in [0, 0.05) is 11.4 Å². The highest BCUT2D eigenvalue weighted by atomic mass is 35.5. The van der Waals surface area contributed by atoms with E-state index in [1.807, 2.05) is 63.2 Å². The van der Waals surface area contributed by atoms with Gasteiger partial charge in [0.05, 0.1) is 12.1 Å². The predicted molar refractivity (Wildman–Crippen MR) is 103 cm³/mol. The molecule has 3 rings (SSSR count). The highest BCUT2D eigenvalue weighted by Gasteiger charge is 2.29. The van der Waals surface area contributed by atoms with E-state index in [0.717, 1.165) is 21.8 Å². The maximum absolute atomic E-state index is 12.3. The van der Waals surface area contributed by atoms with Crippen LogP contribution in [0.4, 0.5) is 5.69 Å². The summed E-state index contributed by atoms with van der Waals surface area (Å²) in [4.78, 5) is 29.9. The Morgan fingerprint density at radius 3 is 2.54 bits per heavy atom. The molecular formula is C21H22ClNO3. The van der Waals surface area contributed by atoms with Gasteiger partial charge in [-0.3, -0.25) is 4.79 Å². The molecule has 0 bridgehead atoms. The van der Waals surface area contributed by atoms with E-state index in [-0.39, 0.29) is 17.7 Å². The lowest BCUT2D eigenvalue weighted by atomic mass is 9.92. The van der Waals surface area contributed by atoms with Crippen LogP contribution < -0.4 is 5.06 Å². The van der Waals surface area contributed by atoms with Gasteiger partial charge >= 0.3 is 5.97 Å². The van der Waals surface area contributed by atoms with E-state index in [4.69, 9.17) is 16.4 Å². The van der Waals surface area contributed by atoms with Crippen molar-refractivity contribution in [2.24, 2.45) is 5.41 Å². The van der Waals surface area contributed by atoms with Crippen LogP contribution in [0.25, 0.3) is 11.1 Å². The molecule has 0 saturated carbocycles. The molecule has 1 aliphatic rings. The summed E-state index contributed by atoms with van der Waals surface area (Å²) in [6.07, 6.45) is 1.18. The van der Waals surface area contributed by atoms with Crippen LogP contribution in [0.1, 0.15) is 39.2 Å². The summed E-state index contributed by atoms with van der Waals surface area (Å²) in [5.41, 5.74) is 3.44. The van der Waals surface area contributed by atoms with E-state index >= 15 is 0 Å². The molecule has 0 spiro atoms. The summed E-state index contributed by atoms with van der Waals surface area (Å²) in [5, 5.41) is 1.82. The number of carbonyl (C=O) groups excluding carboxylic acids is 2. The van der Waals surface area contributed by atoms with Crippen molar-refractivity contribution in [3.05, 3.63) is 53.1 Å². The lowest BCUT2D eigenvalue weighted by molar-refractivity contribution is -0.152. The standard InChI is InChI=1S/C21H22ClNO3/c1-21(2,3)13-20(25)26-23-18-9-7-15(11-16(18)8-10-19(23)24)14-5-4-6-17(22)12-14/h4-7,9,11-12H,8,10,13H2,1-3H3. The summed E-state index contributed by atoms with van der Waals surface area (Å²) < 4.78 is 0. The van der Waals surface area contributed by atoms with Crippen molar-refractivity contribution in [2.75, 3.05) is 5.06 Å². The average molecular weight is 372 g/mol. The van der Waals surface area contributed by atoms with Crippen LogP contribution in [0.2, 0.25) is 5.02 Å². The topological polar surface area (TPSA) is 46.6 Å². The van der Waals surface area contributed by atoms with Crippen molar-refractivity contribution < 1.29 is 14.4 Å². The second-order valence-corrected chi connectivity index (χ2v) is 8.18. The molecule has 1 amide bonds. The quantitative estimate of drug-likeness (QED) is 0.746. The van der Waals surface area contributed by atoms with Crippen LogP contribution in [-0.4, -0.2) is 11.9 Å². The van der Waals surface area contributed by atoms with Gasteiger partial charge in [0.2, 0.25) is 0 Å². The zero-order valence-electron chi connectivity index (χ0n) is 15.2. The highest BCUT2D eigenvalue weighted by molar-refractivity contribution is 6.30. The third kappa shape index (κ3) is 4.25. The molecule has 0 fully saturated rings. The van der Waals surface area contributed by atoms with Crippen LogP contribution in [0.5, 0.6) is 0 Å². The molecule has 0 unspecified atom stereocenters. The van der Waals surface area contributed by atoms with Crippen LogP contribution >= 0.6 is 11.6 Å². The minimum atomic E-state index is -0.405. The normalized spacial score (nSPS) is 14.2. The number of rotatable bonds is 3. The Labute approximate surface area is 158 Å². The number of carbonyl (C=O) groups is 2. The number of hydroxylamine groups is 1. The first-order valence-corrected chi connectivity index (χ1v) is 9.03. The maximum Gasteiger partial charge on any atom is 0.333 e. The van der Waals surface area contributed by atoms with Gasteiger partial charge in [-0.25, -0.2) is 4.79 Å². The Hall–Kier alpha value is -2.33. The molecule has 0 radical (unpaired) electrons. The average Bonchev–Trinajstić information content (AvgIpc) is 2.55. The molecule has 2 aromatic carbocycles. The summed E-state index contributed by atoms with van der Waals surface area (Å²) in [5.74, 6) is -0.604. The fourth-order valence-electron chi connectivity index (χ4n) is 2.98. The molecule has 0 aliphatic carbocycles. The van der Waals surface area contributed by atoms with E-state index in [1.54, 1.807) is 0 Å². The third-order valence-corrected chi connectivity index (χ3v) is 4.39. The third-order valence-electron chi connectivity index (χ3n) is 4.16. The first-order valence-electron chi connectivity index (χ1n) is 8.65. The monoisotopic (exact) mass is 371 g/mol. The van der Waals surface area contributed by atoms with Gasteiger partial charge in [-0.2, -0.15) is 0 Å². The molecule has 26 heavy (non-hydrogen) atoms. The summed E-state index contributed by atoms with van der Waals surface area (Å²) in [6.45, 7) is 5.87. The Morgan fingerprint density at radius 2 is 1.85 bits per heavy atom. The lowest BCUT2D eigenvalue weighted by Crippen LogP contribution is -2.37. The molecular weight excluding hydrogens is 350 g/mol. The number of nitrogens with zero attached hydrogens (tertiary/aromatic N) is 1. The number of hydrogen-bond acceptors (Lipinski definition) is 3. The van der Waals surface area contributed by atoms with E-state index in [0.29, 0.717) is 23.6 Å². The first kappa shape index (κ1) is 18.5. The minimum absolute atomic E-state index is 0.199. The van der Waals surface area contributed by atoms with E-state index in [9.17, 15) is 9.59 Å². The van der Waals surface area contributed by atoms with Crippen molar-refractivity contribution >= 4 is 29.2 Å². The van der Waals surface area contributed by atoms with Crippen LogP contribution in [0, 0.1) is 5.41 Å². The number of halogens is 1. The van der Waals surface area contributed by atoms with Gasteiger partial charge in [-0.1, -0.05) is 50.6 Å².